The third-order valence-electron chi connectivity index (χ3n) is 8.08. The van der Waals surface area contributed by atoms with E-state index in [1.165, 1.54) is 12.8 Å². The number of nitrogens with zero attached hydrogens (tertiary/aromatic N) is 1. The minimum absolute atomic E-state index is 0.0711. The summed E-state index contributed by atoms with van der Waals surface area (Å²) < 4.78 is 46.6. The molecule has 0 radical (unpaired) electrons. The van der Waals surface area contributed by atoms with E-state index in [0.717, 1.165) is 61.1 Å². The summed E-state index contributed by atoms with van der Waals surface area (Å²) in [7, 11) is -2.88. The Kier molecular flexibility index (Phi) is 14.1. The number of anilines is 1. The molecule has 250 valence electrons. The summed E-state index contributed by atoms with van der Waals surface area (Å²) in [4.78, 5) is 15.0. The zero-order chi connectivity index (χ0) is 32.6. The number of hydrogen-bond donors (Lipinski definition) is 0. The number of aryl methyl sites for hydroxylation is 2. The van der Waals surface area contributed by atoms with E-state index in [1.807, 2.05) is 86.6 Å². The van der Waals surface area contributed by atoms with Crippen molar-refractivity contribution in [3.63, 3.8) is 0 Å². The average Bonchev–Trinajstić information content (AvgIpc) is 3.05. The molecule has 8 nitrogen and oxygen atoms in total. The highest BCUT2D eigenvalue weighted by molar-refractivity contribution is 7.91. The third-order valence-corrected chi connectivity index (χ3v) is 9.69. The molecule has 0 bridgehead atoms. The normalized spacial score (nSPS) is 14.8. The van der Waals surface area contributed by atoms with Gasteiger partial charge in [0.15, 0.2) is 9.84 Å². The maximum absolute atomic E-state index is 12.9. The van der Waals surface area contributed by atoms with Crippen LogP contribution in [-0.2, 0) is 19.4 Å². The highest BCUT2D eigenvalue weighted by Gasteiger charge is 2.24. The van der Waals surface area contributed by atoms with Crippen LogP contribution in [-0.4, -0.2) is 64.9 Å². The van der Waals surface area contributed by atoms with Crippen LogP contribution < -0.4 is 19.1 Å². The molecule has 4 rings (SSSR count). The predicted molar refractivity (Wildman–Crippen MR) is 183 cm³/mol. The van der Waals surface area contributed by atoms with Gasteiger partial charge in [0, 0.05) is 18.8 Å². The lowest BCUT2D eigenvalue weighted by molar-refractivity contribution is -0.153. The molecular weight excluding hydrogens is 602 g/mol. The van der Waals surface area contributed by atoms with Crippen LogP contribution in [0.1, 0.15) is 62.5 Å². The molecule has 0 aliphatic carbocycles. The molecule has 3 aromatic rings. The van der Waals surface area contributed by atoms with Crippen molar-refractivity contribution in [1.82, 2.24) is 0 Å². The Bertz CT molecular complexity index is 1410. The van der Waals surface area contributed by atoms with Crippen LogP contribution in [0, 0.1) is 13.8 Å². The van der Waals surface area contributed by atoms with Crippen LogP contribution in [0.25, 0.3) is 0 Å². The first-order valence-electron chi connectivity index (χ1n) is 16.6. The fourth-order valence-corrected chi connectivity index (χ4v) is 6.38. The first kappa shape index (κ1) is 35.1. The molecule has 1 atom stereocenters. The molecule has 0 amide bonds. The standard InChI is InChI=1S/C37H49NO7S/c1-30-11-17-34(18-12-30)44-29-36(45-35-19-13-31(2)14-20-35)37(39)43-26-10-8-6-4-3-5-7-9-25-42-33-21-15-32(16-22-33)38-23-27-46(40,41)28-24-38/h11-22,36H,3-10,23-29H2,1-2H3. The molecule has 3 aromatic carbocycles. The Balaban J connectivity index is 1.03. The number of sulfone groups is 1. The average molecular weight is 652 g/mol. The summed E-state index contributed by atoms with van der Waals surface area (Å²) in [5.74, 6) is 2.17. The number of carbonyl (C=O) groups excluding carboxylic acids is 1. The Morgan fingerprint density at radius 2 is 1.13 bits per heavy atom. The molecule has 1 aliphatic heterocycles. The minimum Gasteiger partial charge on any atom is -0.494 e. The first-order valence-corrected chi connectivity index (χ1v) is 18.4. The number of unbranched alkanes of at least 4 members (excludes halogenated alkanes) is 7. The monoisotopic (exact) mass is 651 g/mol. The largest absolute Gasteiger partial charge is 0.494 e. The highest BCUT2D eigenvalue weighted by atomic mass is 32.2. The summed E-state index contributed by atoms with van der Waals surface area (Å²) in [5.41, 5.74) is 3.30. The zero-order valence-corrected chi connectivity index (χ0v) is 28.1. The number of rotatable bonds is 19. The highest BCUT2D eigenvalue weighted by Crippen LogP contribution is 2.22. The summed E-state index contributed by atoms with van der Waals surface area (Å²) in [6.45, 7) is 6.25. The van der Waals surface area contributed by atoms with Gasteiger partial charge in [0.1, 0.15) is 23.9 Å². The van der Waals surface area contributed by atoms with Gasteiger partial charge in [-0.1, -0.05) is 73.9 Å². The molecule has 46 heavy (non-hydrogen) atoms. The van der Waals surface area contributed by atoms with Crippen molar-refractivity contribution in [1.29, 1.82) is 0 Å². The lowest BCUT2D eigenvalue weighted by Crippen LogP contribution is -2.40. The molecule has 0 spiro atoms. The number of benzene rings is 3. The van der Waals surface area contributed by atoms with Crippen molar-refractivity contribution in [3.05, 3.63) is 83.9 Å². The molecule has 0 saturated carbocycles. The van der Waals surface area contributed by atoms with Crippen molar-refractivity contribution >= 4 is 21.5 Å². The van der Waals surface area contributed by atoms with E-state index in [9.17, 15) is 13.2 Å². The van der Waals surface area contributed by atoms with E-state index in [4.69, 9.17) is 18.9 Å². The second-order valence-electron chi connectivity index (χ2n) is 12.0. The lowest BCUT2D eigenvalue weighted by Gasteiger charge is -2.28. The van der Waals surface area contributed by atoms with Crippen molar-refractivity contribution < 1.29 is 32.2 Å². The zero-order valence-electron chi connectivity index (χ0n) is 27.3. The van der Waals surface area contributed by atoms with Crippen LogP contribution in [0.15, 0.2) is 72.8 Å². The van der Waals surface area contributed by atoms with Gasteiger partial charge in [-0.25, -0.2) is 13.2 Å². The smallest absolute Gasteiger partial charge is 0.350 e. The number of esters is 1. The fraction of sp³-hybridized carbons (Fsp3) is 0.486. The summed E-state index contributed by atoms with van der Waals surface area (Å²) in [5, 5.41) is 0. The second kappa shape index (κ2) is 18.4. The Labute approximate surface area is 274 Å². The number of hydrogen-bond acceptors (Lipinski definition) is 8. The van der Waals surface area contributed by atoms with Gasteiger partial charge in [-0.15, -0.1) is 0 Å². The van der Waals surface area contributed by atoms with Crippen LogP contribution in [0.2, 0.25) is 0 Å². The number of carbonyl (C=O) groups is 1. The predicted octanol–water partition coefficient (Wildman–Crippen LogP) is 7.11. The fourth-order valence-electron chi connectivity index (χ4n) is 5.18. The van der Waals surface area contributed by atoms with Gasteiger partial charge in [0.25, 0.3) is 0 Å². The maximum atomic E-state index is 12.9. The van der Waals surface area contributed by atoms with Gasteiger partial charge in [-0.2, -0.15) is 0 Å². The Morgan fingerprint density at radius 3 is 1.72 bits per heavy atom. The van der Waals surface area contributed by atoms with E-state index in [2.05, 4.69) is 4.90 Å². The van der Waals surface area contributed by atoms with Crippen LogP contribution in [0.3, 0.4) is 0 Å². The molecule has 0 aromatic heterocycles. The molecule has 0 N–H and O–H groups in total. The molecule has 1 heterocycles. The summed E-state index contributed by atoms with van der Waals surface area (Å²) in [6.07, 6.45) is 7.77. The topological polar surface area (TPSA) is 91.4 Å². The van der Waals surface area contributed by atoms with Crippen LogP contribution in [0.4, 0.5) is 5.69 Å². The second-order valence-corrected chi connectivity index (χ2v) is 14.3. The molecule has 1 saturated heterocycles. The quantitative estimate of drug-likeness (QED) is 0.100. The SMILES string of the molecule is Cc1ccc(OCC(Oc2ccc(C)cc2)C(=O)OCCCCCCCCCCOc2ccc(N3CCS(=O)(=O)CC3)cc2)cc1. The van der Waals surface area contributed by atoms with E-state index in [0.29, 0.717) is 37.8 Å². The van der Waals surface area contributed by atoms with E-state index >= 15 is 0 Å². The van der Waals surface area contributed by atoms with Crippen LogP contribution in [0.5, 0.6) is 17.2 Å². The summed E-state index contributed by atoms with van der Waals surface area (Å²) in [6, 6.07) is 23.2. The van der Waals surface area contributed by atoms with Crippen molar-refractivity contribution in [2.24, 2.45) is 0 Å². The minimum atomic E-state index is -2.88. The van der Waals surface area contributed by atoms with Gasteiger partial charge in [-0.3, -0.25) is 0 Å². The first-order chi connectivity index (χ1) is 22.3. The van der Waals surface area contributed by atoms with Gasteiger partial charge in [0.05, 0.1) is 24.7 Å². The van der Waals surface area contributed by atoms with Gasteiger partial charge < -0.3 is 23.8 Å². The van der Waals surface area contributed by atoms with E-state index in [1.54, 1.807) is 0 Å². The lowest BCUT2D eigenvalue weighted by atomic mass is 10.1. The molecule has 9 heteroatoms. The van der Waals surface area contributed by atoms with Gasteiger partial charge in [-0.05, 0) is 75.2 Å². The third kappa shape index (κ3) is 12.6. The molecule has 1 fully saturated rings. The Morgan fingerprint density at radius 1 is 0.652 bits per heavy atom. The molecule has 1 unspecified atom stereocenters. The Hall–Kier alpha value is -3.72. The summed E-state index contributed by atoms with van der Waals surface area (Å²) >= 11 is 0. The van der Waals surface area contributed by atoms with Crippen molar-refractivity contribution in [3.8, 4) is 17.2 Å². The maximum Gasteiger partial charge on any atom is 0.350 e. The molecule has 1 aliphatic rings. The number of ether oxygens (including phenoxy) is 4. The van der Waals surface area contributed by atoms with E-state index < -0.39 is 21.9 Å². The van der Waals surface area contributed by atoms with Crippen LogP contribution >= 0.6 is 0 Å². The van der Waals surface area contributed by atoms with Crippen molar-refractivity contribution in [2.45, 2.75) is 71.3 Å². The van der Waals surface area contributed by atoms with E-state index in [-0.39, 0.29) is 18.1 Å². The van der Waals surface area contributed by atoms with Gasteiger partial charge in [0.2, 0.25) is 6.10 Å². The molecular formula is C37H49NO7S. The van der Waals surface area contributed by atoms with Gasteiger partial charge >= 0.3 is 5.97 Å². The van der Waals surface area contributed by atoms with Crippen molar-refractivity contribution in [2.75, 3.05) is 49.3 Å².